The van der Waals surface area contributed by atoms with Crippen LogP contribution in [0.1, 0.15) is 17.8 Å². The normalized spacial score (nSPS) is 21.0. The molecule has 1 aromatic heterocycles. The Labute approximate surface area is 89.5 Å². The third-order valence-corrected chi connectivity index (χ3v) is 2.71. The van der Waals surface area contributed by atoms with Crippen molar-refractivity contribution in [1.82, 2.24) is 9.97 Å². The van der Waals surface area contributed by atoms with E-state index in [2.05, 4.69) is 14.9 Å². The molecule has 4 N–H and O–H groups in total. The standard InChI is InChI=1S/C10H17N5/c1-7-10(14-9(4-11)5-13-7)15-3-2-8(12)6-15/h5,8H,2-4,6,11-12H2,1H3. The van der Waals surface area contributed by atoms with Crippen molar-refractivity contribution >= 4 is 5.82 Å². The van der Waals surface area contributed by atoms with Gasteiger partial charge in [-0.3, -0.25) is 4.98 Å². The molecule has 0 amide bonds. The van der Waals surface area contributed by atoms with E-state index < -0.39 is 0 Å². The summed E-state index contributed by atoms with van der Waals surface area (Å²) in [6, 6.07) is 0.257. The van der Waals surface area contributed by atoms with E-state index in [0.29, 0.717) is 6.54 Å². The van der Waals surface area contributed by atoms with Crippen molar-refractivity contribution in [2.24, 2.45) is 11.5 Å². The number of hydrogen-bond donors (Lipinski definition) is 2. The van der Waals surface area contributed by atoms with E-state index >= 15 is 0 Å². The molecule has 0 bridgehead atoms. The molecule has 1 fully saturated rings. The second-order valence-electron chi connectivity index (χ2n) is 3.97. The van der Waals surface area contributed by atoms with Gasteiger partial charge < -0.3 is 16.4 Å². The Balaban J connectivity index is 2.26. The van der Waals surface area contributed by atoms with Crippen molar-refractivity contribution in [3.63, 3.8) is 0 Å². The minimum atomic E-state index is 0.257. The Morgan fingerprint density at radius 2 is 2.40 bits per heavy atom. The molecule has 2 rings (SSSR count). The van der Waals surface area contributed by atoms with Gasteiger partial charge in [-0.05, 0) is 13.3 Å². The fourth-order valence-electron chi connectivity index (χ4n) is 1.85. The van der Waals surface area contributed by atoms with Gasteiger partial charge in [0.05, 0.1) is 17.6 Å². The zero-order valence-corrected chi connectivity index (χ0v) is 8.98. The van der Waals surface area contributed by atoms with Gasteiger partial charge >= 0.3 is 0 Å². The molecule has 5 nitrogen and oxygen atoms in total. The molecule has 0 aromatic carbocycles. The van der Waals surface area contributed by atoms with E-state index in [9.17, 15) is 0 Å². The van der Waals surface area contributed by atoms with Gasteiger partial charge in [0.2, 0.25) is 0 Å². The second kappa shape index (κ2) is 4.12. The molecule has 1 aliphatic heterocycles. The average molecular weight is 207 g/mol. The molecular formula is C10H17N5. The zero-order valence-electron chi connectivity index (χ0n) is 8.98. The highest BCUT2D eigenvalue weighted by Gasteiger charge is 2.22. The quantitative estimate of drug-likeness (QED) is 0.701. The van der Waals surface area contributed by atoms with Crippen LogP contribution in [0.5, 0.6) is 0 Å². The summed E-state index contributed by atoms with van der Waals surface area (Å²) in [7, 11) is 0. The number of rotatable bonds is 2. The summed E-state index contributed by atoms with van der Waals surface area (Å²) in [4.78, 5) is 11.0. The lowest BCUT2D eigenvalue weighted by Gasteiger charge is -2.18. The third kappa shape index (κ3) is 2.08. The lowest BCUT2D eigenvalue weighted by Crippen LogP contribution is -2.28. The number of nitrogens with zero attached hydrogens (tertiary/aromatic N) is 3. The number of nitrogens with two attached hydrogens (primary N) is 2. The summed E-state index contributed by atoms with van der Waals surface area (Å²) >= 11 is 0. The first-order valence-corrected chi connectivity index (χ1v) is 5.24. The smallest absolute Gasteiger partial charge is 0.150 e. The van der Waals surface area contributed by atoms with Gasteiger partial charge in [-0.15, -0.1) is 0 Å². The van der Waals surface area contributed by atoms with Crippen LogP contribution in [0.15, 0.2) is 6.20 Å². The topological polar surface area (TPSA) is 81.1 Å². The molecule has 0 saturated carbocycles. The van der Waals surface area contributed by atoms with E-state index in [1.165, 1.54) is 0 Å². The predicted molar refractivity (Wildman–Crippen MR) is 59.5 cm³/mol. The van der Waals surface area contributed by atoms with Crippen LogP contribution < -0.4 is 16.4 Å². The Morgan fingerprint density at radius 1 is 1.60 bits per heavy atom. The van der Waals surface area contributed by atoms with Crippen LogP contribution in [0.3, 0.4) is 0 Å². The first kappa shape index (κ1) is 10.3. The van der Waals surface area contributed by atoms with Crippen LogP contribution >= 0.6 is 0 Å². The molecule has 5 heteroatoms. The van der Waals surface area contributed by atoms with Crippen LogP contribution in [0.2, 0.25) is 0 Å². The van der Waals surface area contributed by atoms with Gasteiger partial charge in [-0.1, -0.05) is 0 Å². The Hall–Kier alpha value is -1.20. The van der Waals surface area contributed by atoms with Crippen molar-refractivity contribution in [2.45, 2.75) is 25.9 Å². The maximum absolute atomic E-state index is 5.87. The fraction of sp³-hybridized carbons (Fsp3) is 0.600. The lowest BCUT2D eigenvalue weighted by atomic mass is 10.3. The molecular weight excluding hydrogens is 190 g/mol. The van der Waals surface area contributed by atoms with Crippen molar-refractivity contribution in [3.05, 3.63) is 17.6 Å². The van der Waals surface area contributed by atoms with Gasteiger partial charge in [0.15, 0.2) is 0 Å². The van der Waals surface area contributed by atoms with E-state index in [4.69, 9.17) is 11.5 Å². The summed E-state index contributed by atoms with van der Waals surface area (Å²) in [5, 5.41) is 0. The minimum Gasteiger partial charge on any atom is -0.353 e. The van der Waals surface area contributed by atoms with Gasteiger partial charge in [-0.2, -0.15) is 0 Å². The molecule has 2 heterocycles. The highest BCUT2D eigenvalue weighted by atomic mass is 15.2. The van der Waals surface area contributed by atoms with E-state index in [1.807, 2.05) is 6.92 Å². The van der Waals surface area contributed by atoms with Gasteiger partial charge in [0.25, 0.3) is 0 Å². The molecule has 1 aliphatic rings. The SMILES string of the molecule is Cc1ncc(CN)nc1N1CCC(N)C1. The summed E-state index contributed by atoms with van der Waals surface area (Å²) in [5.74, 6) is 0.936. The second-order valence-corrected chi connectivity index (χ2v) is 3.97. The van der Waals surface area contributed by atoms with Crippen molar-refractivity contribution in [3.8, 4) is 0 Å². The predicted octanol–water partition coefficient (Wildman–Crippen LogP) is -0.219. The first-order chi connectivity index (χ1) is 7.20. The summed E-state index contributed by atoms with van der Waals surface area (Å²) in [6.07, 6.45) is 2.75. The third-order valence-electron chi connectivity index (χ3n) is 2.71. The molecule has 15 heavy (non-hydrogen) atoms. The molecule has 0 spiro atoms. The van der Waals surface area contributed by atoms with Gasteiger partial charge in [0, 0.05) is 25.7 Å². The van der Waals surface area contributed by atoms with Gasteiger partial charge in [0.1, 0.15) is 5.82 Å². The molecule has 0 aliphatic carbocycles. The summed E-state index contributed by atoms with van der Waals surface area (Å²) in [5.41, 5.74) is 13.2. The molecule has 1 saturated heterocycles. The van der Waals surface area contributed by atoms with Crippen LogP contribution in [0.25, 0.3) is 0 Å². The maximum atomic E-state index is 5.87. The van der Waals surface area contributed by atoms with Crippen LogP contribution in [0, 0.1) is 6.92 Å². The van der Waals surface area contributed by atoms with Crippen LogP contribution in [-0.2, 0) is 6.54 Å². The number of aryl methyl sites for hydroxylation is 1. The zero-order chi connectivity index (χ0) is 10.8. The lowest BCUT2D eigenvalue weighted by molar-refractivity contribution is 0.750. The highest BCUT2D eigenvalue weighted by Crippen LogP contribution is 2.20. The Morgan fingerprint density at radius 3 is 3.00 bits per heavy atom. The molecule has 82 valence electrons. The van der Waals surface area contributed by atoms with Crippen LogP contribution in [0.4, 0.5) is 5.82 Å². The van der Waals surface area contributed by atoms with Crippen LogP contribution in [-0.4, -0.2) is 29.1 Å². The average Bonchev–Trinajstić information content (AvgIpc) is 2.65. The minimum absolute atomic E-state index is 0.257. The summed E-state index contributed by atoms with van der Waals surface area (Å²) < 4.78 is 0. The first-order valence-electron chi connectivity index (χ1n) is 5.24. The van der Waals surface area contributed by atoms with E-state index in [0.717, 1.165) is 36.7 Å². The van der Waals surface area contributed by atoms with Crippen molar-refractivity contribution < 1.29 is 0 Å². The molecule has 1 atom stereocenters. The number of aromatic nitrogens is 2. The van der Waals surface area contributed by atoms with E-state index in [1.54, 1.807) is 6.20 Å². The maximum Gasteiger partial charge on any atom is 0.150 e. The number of anilines is 1. The largest absolute Gasteiger partial charge is 0.353 e. The Kier molecular flexibility index (Phi) is 2.83. The van der Waals surface area contributed by atoms with Crippen molar-refractivity contribution in [2.75, 3.05) is 18.0 Å². The van der Waals surface area contributed by atoms with Crippen molar-refractivity contribution in [1.29, 1.82) is 0 Å². The summed E-state index contributed by atoms with van der Waals surface area (Å²) in [6.45, 7) is 4.22. The molecule has 1 unspecified atom stereocenters. The molecule has 1 aromatic rings. The van der Waals surface area contributed by atoms with E-state index in [-0.39, 0.29) is 6.04 Å². The number of hydrogen-bond acceptors (Lipinski definition) is 5. The Bertz CT molecular complexity index is 352. The molecule has 0 radical (unpaired) electrons. The monoisotopic (exact) mass is 207 g/mol. The highest BCUT2D eigenvalue weighted by molar-refractivity contribution is 5.44. The fourth-order valence-corrected chi connectivity index (χ4v) is 1.85. The van der Waals surface area contributed by atoms with Gasteiger partial charge in [-0.25, -0.2) is 4.98 Å².